The van der Waals surface area contributed by atoms with Gasteiger partial charge in [-0.25, -0.2) is 4.98 Å². The standard InChI is InChI=1S/C27H33N5OS/c1-3-4-7-20(16-19-18-28-23-9-6-5-8-22(19)23)29-26(33)27-30-24-11-10-21(17-25(24)34-27)32-14-12-31(2)13-15-32/h5-6,8-11,17-18,20,28H,3-4,7,12-16H2,1-2H3,(H,29,33). The summed E-state index contributed by atoms with van der Waals surface area (Å²) in [6.07, 6.45) is 6.04. The summed E-state index contributed by atoms with van der Waals surface area (Å²) in [4.78, 5) is 26.0. The van der Waals surface area contributed by atoms with Crippen LogP contribution in [0.5, 0.6) is 0 Å². The van der Waals surface area contributed by atoms with E-state index in [9.17, 15) is 4.79 Å². The molecule has 1 saturated heterocycles. The number of H-pyrrole nitrogens is 1. The fourth-order valence-corrected chi connectivity index (χ4v) is 5.66. The normalized spacial score (nSPS) is 15.8. The molecular weight excluding hydrogens is 442 g/mol. The number of likely N-dealkylation sites (N-methyl/N-ethyl adjacent to an activating group) is 1. The first-order chi connectivity index (χ1) is 16.6. The van der Waals surface area contributed by atoms with Crippen LogP contribution in [-0.4, -0.2) is 60.0 Å². The quantitative estimate of drug-likeness (QED) is 0.374. The van der Waals surface area contributed by atoms with Crippen molar-refractivity contribution in [3.8, 4) is 0 Å². The molecule has 2 aromatic heterocycles. The highest BCUT2D eigenvalue weighted by molar-refractivity contribution is 7.20. The van der Waals surface area contributed by atoms with Gasteiger partial charge in [-0.2, -0.15) is 0 Å². The average Bonchev–Trinajstić information content (AvgIpc) is 3.47. The number of carbonyl (C=O) groups excluding carboxylic acids is 1. The summed E-state index contributed by atoms with van der Waals surface area (Å²) in [5.41, 5.74) is 4.50. The Kier molecular flexibility index (Phi) is 6.83. The van der Waals surface area contributed by atoms with Crippen molar-refractivity contribution in [3.05, 3.63) is 59.2 Å². The minimum absolute atomic E-state index is 0.0664. The highest BCUT2D eigenvalue weighted by Gasteiger charge is 2.20. The third-order valence-corrected chi connectivity index (χ3v) is 7.83. The number of aromatic nitrogens is 2. The largest absolute Gasteiger partial charge is 0.369 e. The number of para-hydroxylation sites is 1. The number of fused-ring (bicyclic) bond motifs is 2. The molecule has 178 valence electrons. The minimum atomic E-state index is -0.0664. The van der Waals surface area contributed by atoms with Crippen molar-refractivity contribution in [3.63, 3.8) is 0 Å². The van der Waals surface area contributed by atoms with Gasteiger partial charge in [0.2, 0.25) is 0 Å². The number of rotatable bonds is 8. The Hall–Kier alpha value is -2.90. The maximum Gasteiger partial charge on any atom is 0.280 e. The predicted molar refractivity (Wildman–Crippen MR) is 142 cm³/mol. The molecule has 1 unspecified atom stereocenters. The molecule has 0 bridgehead atoms. The molecule has 1 aliphatic heterocycles. The zero-order valence-electron chi connectivity index (χ0n) is 20.0. The first kappa shape index (κ1) is 22.9. The van der Waals surface area contributed by atoms with Crippen LogP contribution in [-0.2, 0) is 6.42 Å². The minimum Gasteiger partial charge on any atom is -0.369 e. The van der Waals surface area contributed by atoms with Crippen LogP contribution in [0, 0.1) is 0 Å². The molecule has 0 radical (unpaired) electrons. The van der Waals surface area contributed by atoms with Crippen LogP contribution >= 0.6 is 11.3 Å². The molecule has 6 nitrogen and oxygen atoms in total. The smallest absolute Gasteiger partial charge is 0.280 e. The molecule has 4 aromatic rings. The summed E-state index contributed by atoms with van der Waals surface area (Å²) in [5, 5.41) is 5.07. The number of unbranched alkanes of at least 4 members (excludes halogenated alkanes) is 1. The van der Waals surface area contributed by atoms with Crippen molar-refractivity contribution in [2.45, 2.75) is 38.6 Å². The van der Waals surface area contributed by atoms with E-state index in [2.05, 4.69) is 81.7 Å². The Morgan fingerprint density at radius 2 is 2.00 bits per heavy atom. The molecule has 1 aliphatic rings. The number of nitrogens with zero attached hydrogens (tertiary/aromatic N) is 3. The number of nitrogens with one attached hydrogen (secondary N) is 2. The fourth-order valence-electron chi connectivity index (χ4n) is 4.76. The van der Waals surface area contributed by atoms with E-state index in [0.717, 1.165) is 67.6 Å². The number of amides is 1. The SMILES string of the molecule is CCCCC(Cc1c[nH]c2ccccc12)NC(=O)c1nc2ccc(N3CCN(C)CC3)cc2s1. The third-order valence-electron chi connectivity index (χ3n) is 6.82. The van der Waals surface area contributed by atoms with Gasteiger partial charge >= 0.3 is 0 Å². The van der Waals surface area contributed by atoms with Crippen LogP contribution < -0.4 is 10.2 Å². The Balaban J connectivity index is 1.31. The first-order valence-electron chi connectivity index (χ1n) is 12.3. The van der Waals surface area contributed by atoms with Gasteiger partial charge in [-0.3, -0.25) is 4.79 Å². The lowest BCUT2D eigenvalue weighted by Gasteiger charge is -2.34. The van der Waals surface area contributed by atoms with Gasteiger partial charge < -0.3 is 20.1 Å². The van der Waals surface area contributed by atoms with Gasteiger partial charge in [-0.05, 0) is 49.7 Å². The van der Waals surface area contributed by atoms with Crippen molar-refractivity contribution in [1.82, 2.24) is 20.2 Å². The topological polar surface area (TPSA) is 64.3 Å². The second-order valence-electron chi connectivity index (χ2n) is 9.34. The number of anilines is 1. The van der Waals surface area contributed by atoms with E-state index in [1.54, 1.807) is 0 Å². The predicted octanol–water partition coefficient (Wildman–Crippen LogP) is 5.06. The van der Waals surface area contributed by atoms with Gasteiger partial charge in [0.1, 0.15) is 0 Å². The molecule has 1 atom stereocenters. The Bertz CT molecular complexity index is 1270. The van der Waals surface area contributed by atoms with E-state index in [0.29, 0.717) is 5.01 Å². The van der Waals surface area contributed by atoms with Crippen molar-refractivity contribution >= 4 is 44.1 Å². The number of aromatic amines is 1. The maximum absolute atomic E-state index is 13.2. The van der Waals surface area contributed by atoms with Crippen LogP contribution in [0.4, 0.5) is 5.69 Å². The lowest BCUT2D eigenvalue weighted by atomic mass is 10.0. The number of thiazole rings is 1. The molecule has 0 spiro atoms. The highest BCUT2D eigenvalue weighted by atomic mass is 32.1. The summed E-state index contributed by atoms with van der Waals surface area (Å²) in [7, 11) is 2.17. The Labute approximate surface area is 205 Å². The van der Waals surface area contributed by atoms with E-state index in [4.69, 9.17) is 0 Å². The molecule has 2 N–H and O–H groups in total. The number of benzene rings is 2. The average molecular weight is 476 g/mol. The lowest BCUT2D eigenvalue weighted by molar-refractivity contribution is 0.0934. The highest BCUT2D eigenvalue weighted by Crippen LogP contribution is 2.28. The zero-order chi connectivity index (χ0) is 23.5. The summed E-state index contributed by atoms with van der Waals surface area (Å²) < 4.78 is 1.07. The van der Waals surface area contributed by atoms with Gasteiger partial charge in [0, 0.05) is 55.0 Å². The maximum atomic E-state index is 13.2. The van der Waals surface area contributed by atoms with Gasteiger partial charge in [0.25, 0.3) is 5.91 Å². The van der Waals surface area contributed by atoms with Crippen molar-refractivity contribution in [2.24, 2.45) is 0 Å². The molecular formula is C27H33N5OS. The van der Waals surface area contributed by atoms with Gasteiger partial charge in [-0.1, -0.05) is 38.0 Å². The lowest BCUT2D eigenvalue weighted by Crippen LogP contribution is -2.44. The van der Waals surface area contributed by atoms with Crippen molar-refractivity contribution in [1.29, 1.82) is 0 Å². The number of carbonyl (C=O) groups is 1. The zero-order valence-corrected chi connectivity index (χ0v) is 20.8. The second kappa shape index (κ2) is 10.2. The summed E-state index contributed by atoms with van der Waals surface area (Å²) in [6, 6.07) is 14.8. The number of piperazine rings is 1. The van der Waals surface area contributed by atoms with Crippen LogP contribution in [0.3, 0.4) is 0 Å². The van der Waals surface area contributed by atoms with Crippen LogP contribution in [0.2, 0.25) is 0 Å². The van der Waals surface area contributed by atoms with E-state index < -0.39 is 0 Å². The van der Waals surface area contributed by atoms with Gasteiger partial charge in [0.05, 0.1) is 10.2 Å². The molecule has 2 aromatic carbocycles. The molecule has 1 fully saturated rings. The third kappa shape index (κ3) is 4.95. The summed E-state index contributed by atoms with van der Waals surface area (Å²) in [6.45, 7) is 6.40. The van der Waals surface area contributed by atoms with Crippen LogP contribution in [0.1, 0.15) is 41.6 Å². The molecule has 0 saturated carbocycles. The van der Waals surface area contributed by atoms with Gasteiger partial charge in [-0.15, -0.1) is 11.3 Å². The molecule has 34 heavy (non-hydrogen) atoms. The van der Waals surface area contributed by atoms with E-state index in [1.165, 1.54) is 28.0 Å². The second-order valence-corrected chi connectivity index (χ2v) is 10.4. The monoisotopic (exact) mass is 475 g/mol. The van der Waals surface area contributed by atoms with E-state index in [-0.39, 0.29) is 11.9 Å². The van der Waals surface area contributed by atoms with Crippen molar-refractivity contribution < 1.29 is 4.79 Å². The Morgan fingerprint density at radius 1 is 1.18 bits per heavy atom. The Morgan fingerprint density at radius 3 is 2.82 bits per heavy atom. The van der Waals surface area contributed by atoms with Crippen molar-refractivity contribution in [2.75, 3.05) is 38.1 Å². The van der Waals surface area contributed by atoms with Gasteiger partial charge in [0.15, 0.2) is 5.01 Å². The van der Waals surface area contributed by atoms with Crippen LogP contribution in [0.15, 0.2) is 48.7 Å². The molecule has 7 heteroatoms. The molecule has 5 rings (SSSR count). The molecule has 3 heterocycles. The first-order valence-corrected chi connectivity index (χ1v) is 13.1. The fraction of sp³-hybridized carbons (Fsp3) is 0.407. The van der Waals surface area contributed by atoms with E-state index >= 15 is 0 Å². The molecule has 0 aliphatic carbocycles. The summed E-state index contributed by atoms with van der Waals surface area (Å²) >= 11 is 1.49. The van der Waals surface area contributed by atoms with Crippen LogP contribution in [0.25, 0.3) is 21.1 Å². The van der Waals surface area contributed by atoms with E-state index in [1.807, 2.05) is 6.07 Å². The number of hydrogen-bond acceptors (Lipinski definition) is 5. The molecule has 1 amide bonds. The number of hydrogen-bond donors (Lipinski definition) is 2. The summed E-state index contributed by atoms with van der Waals surface area (Å²) in [5.74, 6) is -0.0664.